The third-order valence-corrected chi connectivity index (χ3v) is 3.15. The second-order valence-corrected chi connectivity index (χ2v) is 4.22. The molecule has 3 rings (SSSR count). The van der Waals surface area contributed by atoms with Gasteiger partial charge in [-0.05, 0) is 30.5 Å². The molecule has 5 nitrogen and oxygen atoms in total. The molecule has 0 spiro atoms. The summed E-state index contributed by atoms with van der Waals surface area (Å²) in [6, 6.07) is 5.35. The molecular formula is C12H13N3O2. The van der Waals surface area contributed by atoms with Crippen LogP contribution in [0.25, 0.3) is 0 Å². The van der Waals surface area contributed by atoms with E-state index in [9.17, 15) is 9.59 Å². The average Bonchev–Trinajstić information content (AvgIpc) is 2.69. The zero-order chi connectivity index (χ0) is 11.8. The quantitative estimate of drug-likeness (QED) is 0.711. The van der Waals surface area contributed by atoms with Gasteiger partial charge in [-0.3, -0.25) is 4.79 Å². The van der Waals surface area contributed by atoms with Crippen molar-refractivity contribution in [2.75, 3.05) is 23.3 Å². The van der Waals surface area contributed by atoms with E-state index in [4.69, 9.17) is 0 Å². The van der Waals surface area contributed by atoms with Crippen LogP contribution in [0.3, 0.4) is 0 Å². The molecule has 0 unspecified atom stereocenters. The molecule has 0 aliphatic carbocycles. The first-order chi connectivity index (χ1) is 8.27. The molecule has 1 fully saturated rings. The molecule has 0 atom stereocenters. The third kappa shape index (κ3) is 1.54. The number of anilines is 2. The van der Waals surface area contributed by atoms with Crippen molar-refractivity contribution in [1.29, 1.82) is 0 Å². The van der Waals surface area contributed by atoms with E-state index in [0.29, 0.717) is 0 Å². The molecule has 0 radical (unpaired) electrons. The minimum absolute atomic E-state index is 0.0932. The fourth-order valence-electron chi connectivity index (χ4n) is 2.37. The first-order valence-corrected chi connectivity index (χ1v) is 5.74. The van der Waals surface area contributed by atoms with Crippen molar-refractivity contribution in [3.8, 4) is 0 Å². The highest BCUT2D eigenvalue weighted by Gasteiger charge is 2.32. The number of urea groups is 1. The smallest absolute Gasteiger partial charge is 0.329 e. The van der Waals surface area contributed by atoms with E-state index >= 15 is 0 Å². The third-order valence-electron chi connectivity index (χ3n) is 3.15. The van der Waals surface area contributed by atoms with Crippen molar-refractivity contribution in [1.82, 2.24) is 5.32 Å². The van der Waals surface area contributed by atoms with Gasteiger partial charge in [-0.2, -0.15) is 0 Å². The minimum Gasteiger partial charge on any atom is -0.385 e. The lowest BCUT2D eigenvalue weighted by molar-refractivity contribution is -0.115. The van der Waals surface area contributed by atoms with Gasteiger partial charge in [0.1, 0.15) is 0 Å². The van der Waals surface area contributed by atoms with Crippen LogP contribution in [-0.4, -0.2) is 25.0 Å². The fourth-order valence-corrected chi connectivity index (χ4v) is 2.37. The van der Waals surface area contributed by atoms with E-state index in [0.717, 1.165) is 36.3 Å². The molecule has 88 valence electrons. The summed E-state index contributed by atoms with van der Waals surface area (Å²) in [4.78, 5) is 24.6. The molecule has 2 aliphatic heterocycles. The van der Waals surface area contributed by atoms with Crippen LogP contribution in [0.1, 0.15) is 12.0 Å². The summed E-state index contributed by atoms with van der Waals surface area (Å²) < 4.78 is 0. The van der Waals surface area contributed by atoms with Gasteiger partial charge in [0.2, 0.25) is 0 Å². The summed E-state index contributed by atoms with van der Waals surface area (Å²) in [5.74, 6) is -0.186. The zero-order valence-corrected chi connectivity index (χ0v) is 9.32. The molecule has 2 heterocycles. The summed E-state index contributed by atoms with van der Waals surface area (Å²) in [5.41, 5.74) is 2.81. The van der Waals surface area contributed by atoms with Crippen LogP contribution in [0.15, 0.2) is 18.2 Å². The lowest BCUT2D eigenvalue weighted by Gasteiger charge is -2.24. The highest BCUT2D eigenvalue weighted by atomic mass is 16.2. The topological polar surface area (TPSA) is 61.4 Å². The molecule has 1 aromatic carbocycles. The Balaban J connectivity index is 2.08. The second kappa shape index (κ2) is 3.76. The Morgan fingerprint density at radius 3 is 2.82 bits per heavy atom. The highest BCUT2D eigenvalue weighted by Crippen LogP contribution is 2.32. The number of rotatable bonds is 1. The maximum Gasteiger partial charge on any atom is 0.329 e. The molecule has 0 saturated carbocycles. The van der Waals surface area contributed by atoms with Gasteiger partial charge in [0.25, 0.3) is 5.91 Å². The van der Waals surface area contributed by atoms with Gasteiger partial charge in [-0.1, -0.05) is 6.07 Å². The molecule has 3 amide bonds. The minimum atomic E-state index is -0.325. The number of imide groups is 1. The summed E-state index contributed by atoms with van der Waals surface area (Å²) in [6.07, 6.45) is 1.92. The Kier molecular flexibility index (Phi) is 2.24. The SMILES string of the molecule is O=C1CNC(=O)N1c1cccc2c1CCCN2. The molecule has 2 aliphatic rings. The van der Waals surface area contributed by atoms with Gasteiger partial charge in [0, 0.05) is 12.2 Å². The van der Waals surface area contributed by atoms with E-state index in [2.05, 4.69) is 10.6 Å². The van der Waals surface area contributed by atoms with Crippen LogP contribution in [0, 0.1) is 0 Å². The van der Waals surface area contributed by atoms with Gasteiger partial charge >= 0.3 is 6.03 Å². The number of amides is 3. The van der Waals surface area contributed by atoms with E-state index < -0.39 is 0 Å². The average molecular weight is 231 g/mol. The molecule has 1 saturated heterocycles. The number of hydrogen-bond acceptors (Lipinski definition) is 3. The number of nitrogens with zero attached hydrogens (tertiary/aromatic N) is 1. The fraction of sp³-hybridized carbons (Fsp3) is 0.333. The normalized spacial score (nSPS) is 18.7. The summed E-state index contributed by atoms with van der Waals surface area (Å²) in [5, 5.41) is 5.83. The Bertz CT molecular complexity index is 483. The van der Waals surface area contributed by atoms with Gasteiger partial charge < -0.3 is 10.6 Å². The number of benzene rings is 1. The van der Waals surface area contributed by atoms with Gasteiger partial charge in [0.15, 0.2) is 0 Å². The Morgan fingerprint density at radius 1 is 1.18 bits per heavy atom. The van der Waals surface area contributed by atoms with E-state index in [1.165, 1.54) is 4.90 Å². The Morgan fingerprint density at radius 2 is 2.06 bits per heavy atom. The van der Waals surface area contributed by atoms with Crippen LogP contribution in [0.5, 0.6) is 0 Å². The Labute approximate surface area is 98.8 Å². The lowest BCUT2D eigenvalue weighted by Crippen LogP contribution is -2.32. The predicted molar refractivity (Wildman–Crippen MR) is 64.1 cm³/mol. The van der Waals surface area contributed by atoms with Crippen molar-refractivity contribution in [2.24, 2.45) is 0 Å². The number of fused-ring (bicyclic) bond motifs is 1. The number of carbonyl (C=O) groups is 2. The Hall–Kier alpha value is -2.04. The van der Waals surface area contributed by atoms with Crippen molar-refractivity contribution in [3.05, 3.63) is 23.8 Å². The molecular weight excluding hydrogens is 218 g/mol. The maximum atomic E-state index is 11.7. The molecule has 0 bridgehead atoms. The van der Waals surface area contributed by atoms with Gasteiger partial charge in [-0.15, -0.1) is 0 Å². The van der Waals surface area contributed by atoms with Gasteiger partial charge in [-0.25, -0.2) is 9.69 Å². The molecule has 2 N–H and O–H groups in total. The summed E-state index contributed by atoms with van der Waals surface area (Å²) in [7, 11) is 0. The van der Waals surface area contributed by atoms with Crippen LogP contribution in [-0.2, 0) is 11.2 Å². The van der Waals surface area contributed by atoms with E-state index in [1.54, 1.807) is 0 Å². The molecule has 5 heteroatoms. The van der Waals surface area contributed by atoms with Crippen molar-refractivity contribution in [3.63, 3.8) is 0 Å². The van der Waals surface area contributed by atoms with E-state index in [1.807, 2.05) is 18.2 Å². The van der Waals surface area contributed by atoms with Gasteiger partial charge in [0.05, 0.1) is 12.2 Å². The summed E-state index contributed by atoms with van der Waals surface area (Å²) in [6.45, 7) is 1.03. The molecule has 0 aromatic heterocycles. The predicted octanol–water partition coefficient (Wildman–Crippen LogP) is 1.10. The van der Waals surface area contributed by atoms with Crippen molar-refractivity contribution >= 4 is 23.3 Å². The van der Waals surface area contributed by atoms with Crippen molar-refractivity contribution in [2.45, 2.75) is 12.8 Å². The largest absolute Gasteiger partial charge is 0.385 e. The maximum absolute atomic E-state index is 11.7. The standard InChI is InChI=1S/C12H13N3O2/c16-11-7-14-12(17)15(11)10-5-1-4-9-8(10)3-2-6-13-9/h1,4-5,13H,2-3,6-7H2,(H,14,17). The first-order valence-electron chi connectivity index (χ1n) is 5.74. The van der Waals surface area contributed by atoms with Crippen molar-refractivity contribution < 1.29 is 9.59 Å². The van der Waals surface area contributed by atoms with Crippen LogP contribution in [0.2, 0.25) is 0 Å². The zero-order valence-electron chi connectivity index (χ0n) is 9.32. The lowest BCUT2D eigenvalue weighted by atomic mass is 10.0. The first kappa shape index (κ1) is 10.1. The number of hydrogen-bond donors (Lipinski definition) is 2. The molecule has 1 aromatic rings. The monoisotopic (exact) mass is 231 g/mol. The van der Waals surface area contributed by atoms with Crippen LogP contribution < -0.4 is 15.5 Å². The summed E-state index contributed by atoms with van der Waals surface area (Å²) >= 11 is 0. The van der Waals surface area contributed by atoms with Crippen LogP contribution >= 0.6 is 0 Å². The second-order valence-electron chi connectivity index (χ2n) is 4.22. The number of carbonyl (C=O) groups excluding carboxylic acids is 2. The van der Waals surface area contributed by atoms with E-state index in [-0.39, 0.29) is 18.5 Å². The van der Waals surface area contributed by atoms with Crippen LogP contribution in [0.4, 0.5) is 16.2 Å². The number of nitrogens with one attached hydrogen (secondary N) is 2. The highest BCUT2D eigenvalue weighted by molar-refractivity contribution is 6.20. The molecule has 17 heavy (non-hydrogen) atoms.